The van der Waals surface area contributed by atoms with Crippen molar-refractivity contribution < 1.29 is 19.0 Å². The Morgan fingerprint density at radius 3 is 2.70 bits per heavy atom. The molecule has 1 heterocycles. The molecule has 0 aliphatic heterocycles. The third-order valence-electron chi connectivity index (χ3n) is 3.61. The van der Waals surface area contributed by atoms with E-state index in [1.165, 1.54) is 0 Å². The van der Waals surface area contributed by atoms with Crippen LogP contribution in [0.5, 0.6) is 11.5 Å². The number of benzene rings is 1. The highest BCUT2D eigenvalue weighted by Crippen LogP contribution is 2.29. The van der Waals surface area contributed by atoms with E-state index >= 15 is 0 Å². The summed E-state index contributed by atoms with van der Waals surface area (Å²) in [6.45, 7) is 4.83. The van der Waals surface area contributed by atoms with Crippen LogP contribution in [0.3, 0.4) is 0 Å². The van der Waals surface area contributed by atoms with Gasteiger partial charge in [-0.3, -0.25) is 9.59 Å². The number of aromatic amines is 1. The molecule has 2 rings (SSSR count). The highest BCUT2D eigenvalue weighted by molar-refractivity contribution is 9.10. The Balaban J connectivity index is 2.23. The van der Waals surface area contributed by atoms with E-state index in [0.29, 0.717) is 36.0 Å². The summed E-state index contributed by atoms with van der Waals surface area (Å²) in [4.78, 5) is 23.7. The van der Waals surface area contributed by atoms with Gasteiger partial charge >= 0.3 is 5.97 Å². The third-order valence-corrected chi connectivity index (χ3v) is 4.37. The van der Waals surface area contributed by atoms with Gasteiger partial charge in [-0.2, -0.15) is 5.10 Å². The van der Waals surface area contributed by atoms with Gasteiger partial charge in [-0.15, -0.1) is 0 Å². The van der Waals surface area contributed by atoms with Gasteiger partial charge in [0.15, 0.2) is 11.5 Å². The van der Waals surface area contributed by atoms with Crippen molar-refractivity contribution in [3.63, 3.8) is 0 Å². The van der Waals surface area contributed by atoms with Gasteiger partial charge in [0.25, 0.3) is 5.56 Å². The monoisotopic (exact) mass is 439 g/mol. The van der Waals surface area contributed by atoms with E-state index in [-0.39, 0.29) is 17.5 Å². The number of H-pyrrole nitrogens is 1. The number of ether oxygens (including phenoxy) is 3. The van der Waals surface area contributed by atoms with Crippen LogP contribution in [0, 0.1) is 0 Å². The fraction of sp³-hybridized carbons (Fsp3) is 0.389. The molecule has 0 atom stereocenters. The molecule has 9 heteroatoms. The second-order valence-electron chi connectivity index (χ2n) is 5.44. The SMILES string of the molecule is CCOC(=O)Cc1n[nH]c(=O)c(Br)c1NCc1ccc(OCC)c(OC)c1. The smallest absolute Gasteiger partial charge is 0.312 e. The number of carbonyl (C=O) groups is 1. The Morgan fingerprint density at radius 1 is 1.26 bits per heavy atom. The Bertz CT molecular complexity index is 853. The molecule has 2 N–H and O–H groups in total. The summed E-state index contributed by atoms with van der Waals surface area (Å²) in [7, 11) is 1.57. The zero-order chi connectivity index (χ0) is 19.8. The standard InChI is InChI=1S/C18H22BrN3O5/c1-4-26-13-7-6-11(8-14(13)25-3)10-20-17-12(9-15(23)27-5-2)21-22-18(24)16(17)19/h6-8H,4-5,9-10H2,1-3H3,(H2,20,22,24). The number of methoxy groups -OCH3 is 1. The molecule has 0 amide bonds. The number of halogens is 1. The maximum Gasteiger partial charge on any atom is 0.312 e. The average molecular weight is 440 g/mol. The minimum Gasteiger partial charge on any atom is -0.493 e. The number of nitrogens with zero attached hydrogens (tertiary/aromatic N) is 1. The van der Waals surface area contributed by atoms with Gasteiger partial charge in [-0.1, -0.05) is 6.07 Å². The van der Waals surface area contributed by atoms with Crippen molar-refractivity contribution in [2.24, 2.45) is 0 Å². The van der Waals surface area contributed by atoms with Crippen molar-refractivity contribution in [3.8, 4) is 11.5 Å². The lowest BCUT2D eigenvalue weighted by molar-refractivity contribution is -0.142. The molecule has 0 bridgehead atoms. The molecule has 0 spiro atoms. The number of carbonyl (C=O) groups excluding carboxylic acids is 1. The molecule has 8 nitrogen and oxygen atoms in total. The van der Waals surface area contributed by atoms with Crippen LogP contribution in [-0.4, -0.2) is 36.5 Å². The number of anilines is 1. The van der Waals surface area contributed by atoms with E-state index in [1.807, 2.05) is 25.1 Å². The molecule has 146 valence electrons. The normalized spacial score (nSPS) is 10.4. The minimum atomic E-state index is -0.422. The number of nitrogens with one attached hydrogen (secondary N) is 2. The average Bonchev–Trinajstić information content (AvgIpc) is 2.65. The first-order valence-corrected chi connectivity index (χ1v) is 9.25. The van der Waals surface area contributed by atoms with Crippen LogP contribution in [0.4, 0.5) is 5.69 Å². The van der Waals surface area contributed by atoms with Crippen LogP contribution in [0.15, 0.2) is 27.5 Å². The number of esters is 1. The Hall–Kier alpha value is -2.55. The highest BCUT2D eigenvalue weighted by atomic mass is 79.9. The maximum absolute atomic E-state index is 11.9. The van der Waals surface area contributed by atoms with Crippen molar-refractivity contribution in [2.75, 3.05) is 25.6 Å². The van der Waals surface area contributed by atoms with Crippen molar-refractivity contribution in [1.82, 2.24) is 10.2 Å². The van der Waals surface area contributed by atoms with Gasteiger partial charge < -0.3 is 19.5 Å². The van der Waals surface area contributed by atoms with Crippen molar-refractivity contribution in [1.29, 1.82) is 0 Å². The summed E-state index contributed by atoms with van der Waals surface area (Å²) >= 11 is 3.25. The van der Waals surface area contributed by atoms with Crippen molar-refractivity contribution in [3.05, 3.63) is 44.3 Å². The van der Waals surface area contributed by atoms with Gasteiger partial charge in [0.2, 0.25) is 0 Å². The third kappa shape index (κ3) is 5.46. The molecule has 0 saturated heterocycles. The second-order valence-corrected chi connectivity index (χ2v) is 6.23. The van der Waals surface area contributed by atoms with Crippen molar-refractivity contribution in [2.45, 2.75) is 26.8 Å². The number of rotatable bonds is 9. The van der Waals surface area contributed by atoms with E-state index in [4.69, 9.17) is 14.2 Å². The molecule has 0 saturated carbocycles. The number of hydrogen-bond donors (Lipinski definition) is 2. The van der Waals surface area contributed by atoms with E-state index in [9.17, 15) is 9.59 Å². The van der Waals surface area contributed by atoms with Gasteiger partial charge in [0.05, 0.1) is 38.1 Å². The lowest BCUT2D eigenvalue weighted by atomic mass is 10.2. The molecule has 1 aromatic carbocycles. The molecule has 27 heavy (non-hydrogen) atoms. The van der Waals surface area contributed by atoms with Crippen LogP contribution >= 0.6 is 15.9 Å². The van der Waals surface area contributed by atoms with E-state index in [2.05, 4.69) is 31.4 Å². The maximum atomic E-state index is 11.9. The fourth-order valence-electron chi connectivity index (χ4n) is 2.41. The zero-order valence-electron chi connectivity index (χ0n) is 15.4. The van der Waals surface area contributed by atoms with Crippen LogP contribution in [0.2, 0.25) is 0 Å². The summed E-state index contributed by atoms with van der Waals surface area (Å²) in [5.74, 6) is 0.853. The summed E-state index contributed by atoms with van der Waals surface area (Å²) in [5.41, 5.74) is 1.34. The predicted octanol–water partition coefficient (Wildman–Crippen LogP) is 2.66. The molecule has 0 aliphatic carbocycles. The molecule has 0 fully saturated rings. The van der Waals surface area contributed by atoms with Gasteiger partial charge in [-0.25, -0.2) is 5.10 Å². The summed E-state index contributed by atoms with van der Waals surface area (Å²) in [6, 6.07) is 5.56. The largest absolute Gasteiger partial charge is 0.493 e. The van der Waals surface area contributed by atoms with Crippen molar-refractivity contribution >= 4 is 27.6 Å². The zero-order valence-corrected chi connectivity index (χ0v) is 17.0. The molecular weight excluding hydrogens is 418 g/mol. The van der Waals surface area contributed by atoms with Crippen LogP contribution in [0.25, 0.3) is 0 Å². The topological polar surface area (TPSA) is 103 Å². The molecular formula is C18H22BrN3O5. The molecule has 2 aromatic rings. The Kier molecular flexibility index (Phi) is 7.66. The highest BCUT2D eigenvalue weighted by Gasteiger charge is 2.16. The molecule has 0 aliphatic rings. The lowest BCUT2D eigenvalue weighted by Crippen LogP contribution is -2.19. The van der Waals surface area contributed by atoms with Crippen LogP contribution < -0.4 is 20.3 Å². The lowest BCUT2D eigenvalue weighted by Gasteiger charge is -2.14. The molecule has 0 radical (unpaired) electrons. The first-order chi connectivity index (χ1) is 13.0. The van der Waals surface area contributed by atoms with E-state index in [1.54, 1.807) is 14.0 Å². The minimum absolute atomic E-state index is 0.0574. The Morgan fingerprint density at radius 2 is 2.04 bits per heavy atom. The first kappa shape index (κ1) is 20.8. The van der Waals surface area contributed by atoms with E-state index in [0.717, 1.165) is 5.56 Å². The van der Waals surface area contributed by atoms with E-state index < -0.39 is 11.5 Å². The van der Waals surface area contributed by atoms with Gasteiger partial charge in [0.1, 0.15) is 4.47 Å². The molecule has 0 unspecified atom stereocenters. The molecule has 1 aromatic heterocycles. The summed E-state index contributed by atoms with van der Waals surface area (Å²) < 4.78 is 16.1. The van der Waals surface area contributed by atoms with Crippen LogP contribution in [0.1, 0.15) is 25.1 Å². The Labute approximate surface area is 165 Å². The predicted molar refractivity (Wildman–Crippen MR) is 104 cm³/mol. The first-order valence-electron chi connectivity index (χ1n) is 8.46. The quantitative estimate of drug-likeness (QED) is 0.578. The van der Waals surface area contributed by atoms with Gasteiger partial charge in [0, 0.05) is 6.54 Å². The van der Waals surface area contributed by atoms with Gasteiger partial charge in [-0.05, 0) is 47.5 Å². The summed E-state index contributed by atoms with van der Waals surface area (Å²) in [5, 5.41) is 9.48. The summed E-state index contributed by atoms with van der Waals surface area (Å²) in [6.07, 6.45) is -0.0574. The second kappa shape index (κ2) is 9.96. The fourth-order valence-corrected chi connectivity index (χ4v) is 2.86. The van der Waals surface area contributed by atoms with Crippen LogP contribution in [-0.2, 0) is 22.5 Å². The number of hydrogen-bond acceptors (Lipinski definition) is 7. The number of aromatic nitrogens is 2.